The maximum Gasteiger partial charge on any atom is 0.137 e. The van der Waals surface area contributed by atoms with E-state index in [2.05, 4.69) is 35.6 Å². The molecule has 0 fully saturated rings. The fourth-order valence-corrected chi connectivity index (χ4v) is 2.21. The van der Waals surface area contributed by atoms with Crippen molar-refractivity contribution in [2.24, 2.45) is 0 Å². The number of nitrogens with one attached hydrogen (secondary N) is 1. The van der Waals surface area contributed by atoms with Crippen molar-refractivity contribution in [2.45, 2.75) is 13.0 Å². The van der Waals surface area contributed by atoms with Crippen LogP contribution in [0, 0.1) is 0 Å². The molecule has 19 heavy (non-hydrogen) atoms. The Morgan fingerprint density at radius 3 is 2.53 bits per heavy atom. The van der Waals surface area contributed by atoms with Gasteiger partial charge in [0.05, 0.1) is 12.1 Å². The number of hydrogen-bond donors (Lipinski definition) is 1. The third kappa shape index (κ3) is 4.27. The molecule has 100 valence electrons. The Balaban J connectivity index is 1.78. The van der Waals surface area contributed by atoms with Crippen LogP contribution >= 0.6 is 11.6 Å². The Morgan fingerprint density at radius 2 is 1.84 bits per heavy atom. The third-order valence-corrected chi connectivity index (χ3v) is 3.27. The molecule has 0 saturated carbocycles. The second kappa shape index (κ2) is 7.17. The first-order chi connectivity index (χ1) is 9.29. The van der Waals surface area contributed by atoms with Crippen molar-refractivity contribution in [2.75, 3.05) is 13.7 Å². The summed E-state index contributed by atoms with van der Waals surface area (Å²) >= 11 is 6.09. The van der Waals surface area contributed by atoms with E-state index >= 15 is 0 Å². The van der Waals surface area contributed by atoms with Crippen LogP contribution < -0.4 is 10.1 Å². The van der Waals surface area contributed by atoms with Crippen molar-refractivity contribution in [3.63, 3.8) is 0 Å². The molecule has 0 saturated heterocycles. The van der Waals surface area contributed by atoms with Gasteiger partial charge in [-0.2, -0.15) is 0 Å². The molecule has 0 heterocycles. The van der Waals surface area contributed by atoms with Crippen molar-refractivity contribution in [3.05, 3.63) is 64.7 Å². The van der Waals surface area contributed by atoms with Crippen LogP contribution in [0.1, 0.15) is 11.1 Å². The molecule has 0 bridgehead atoms. The predicted octanol–water partition coefficient (Wildman–Crippen LogP) is 3.68. The first kappa shape index (κ1) is 13.9. The van der Waals surface area contributed by atoms with E-state index < -0.39 is 0 Å². The highest BCUT2D eigenvalue weighted by atomic mass is 35.5. The minimum absolute atomic E-state index is 0.669. The molecule has 0 unspecified atom stereocenters. The van der Waals surface area contributed by atoms with Crippen molar-refractivity contribution < 1.29 is 4.74 Å². The number of ether oxygens (including phenoxy) is 1. The zero-order valence-corrected chi connectivity index (χ0v) is 11.8. The number of rotatable bonds is 6. The normalized spacial score (nSPS) is 10.4. The molecular formula is C16H18ClNO. The average Bonchev–Trinajstić information content (AvgIpc) is 2.45. The van der Waals surface area contributed by atoms with Gasteiger partial charge in [-0.15, -0.1) is 0 Å². The SMILES string of the molecule is COc1ccc(CCNCc2ccccc2)cc1Cl. The van der Waals surface area contributed by atoms with Crippen molar-refractivity contribution in [1.82, 2.24) is 5.32 Å². The Hall–Kier alpha value is -1.51. The first-order valence-corrected chi connectivity index (χ1v) is 6.74. The van der Waals surface area contributed by atoms with Gasteiger partial charge in [-0.3, -0.25) is 0 Å². The Morgan fingerprint density at radius 1 is 1.05 bits per heavy atom. The van der Waals surface area contributed by atoms with E-state index in [1.807, 2.05) is 18.2 Å². The minimum Gasteiger partial charge on any atom is -0.495 e. The molecule has 0 aliphatic rings. The molecular weight excluding hydrogens is 258 g/mol. The highest BCUT2D eigenvalue weighted by Gasteiger charge is 2.01. The van der Waals surface area contributed by atoms with Crippen LogP contribution in [0.5, 0.6) is 5.75 Å². The van der Waals surface area contributed by atoms with Crippen LogP contribution in [0.15, 0.2) is 48.5 Å². The Bertz CT molecular complexity index is 513. The van der Waals surface area contributed by atoms with E-state index in [9.17, 15) is 0 Å². The van der Waals surface area contributed by atoms with E-state index in [-0.39, 0.29) is 0 Å². The van der Waals surface area contributed by atoms with Gasteiger partial charge in [-0.1, -0.05) is 48.0 Å². The standard InChI is InChI=1S/C16H18ClNO/c1-19-16-8-7-13(11-15(16)17)9-10-18-12-14-5-3-2-4-6-14/h2-8,11,18H,9-10,12H2,1H3. The van der Waals surface area contributed by atoms with Gasteiger partial charge in [0.15, 0.2) is 0 Å². The van der Waals surface area contributed by atoms with E-state index in [1.165, 1.54) is 11.1 Å². The molecule has 1 N–H and O–H groups in total. The van der Waals surface area contributed by atoms with Gasteiger partial charge >= 0.3 is 0 Å². The van der Waals surface area contributed by atoms with Crippen LogP contribution in [0.4, 0.5) is 0 Å². The zero-order valence-electron chi connectivity index (χ0n) is 11.0. The summed E-state index contributed by atoms with van der Waals surface area (Å²) in [6.45, 7) is 1.82. The summed E-state index contributed by atoms with van der Waals surface area (Å²) in [5.41, 5.74) is 2.52. The van der Waals surface area contributed by atoms with E-state index in [0.29, 0.717) is 5.02 Å². The van der Waals surface area contributed by atoms with Crippen LogP contribution in [0.3, 0.4) is 0 Å². The lowest BCUT2D eigenvalue weighted by Crippen LogP contribution is -2.16. The van der Waals surface area contributed by atoms with Gasteiger partial charge in [-0.25, -0.2) is 0 Å². The van der Waals surface area contributed by atoms with Gasteiger partial charge in [-0.05, 0) is 36.2 Å². The molecule has 0 aliphatic heterocycles. The number of benzene rings is 2. The molecule has 2 rings (SSSR count). The quantitative estimate of drug-likeness (QED) is 0.812. The van der Waals surface area contributed by atoms with Gasteiger partial charge in [0.1, 0.15) is 5.75 Å². The van der Waals surface area contributed by atoms with Crippen LogP contribution in [0.2, 0.25) is 5.02 Å². The second-order valence-corrected chi connectivity index (χ2v) is 4.79. The van der Waals surface area contributed by atoms with Crippen LogP contribution in [0.25, 0.3) is 0 Å². The summed E-state index contributed by atoms with van der Waals surface area (Å²) in [6.07, 6.45) is 0.955. The molecule has 2 nitrogen and oxygen atoms in total. The number of halogens is 1. The summed E-state index contributed by atoms with van der Waals surface area (Å²) < 4.78 is 5.14. The summed E-state index contributed by atoms with van der Waals surface area (Å²) in [4.78, 5) is 0. The first-order valence-electron chi connectivity index (χ1n) is 6.36. The second-order valence-electron chi connectivity index (χ2n) is 4.38. The summed E-state index contributed by atoms with van der Waals surface area (Å²) in [6, 6.07) is 16.3. The van der Waals surface area contributed by atoms with Crippen molar-refractivity contribution in [1.29, 1.82) is 0 Å². The van der Waals surface area contributed by atoms with Crippen molar-refractivity contribution >= 4 is 11.6 Å². The molecule has 0 radical (unpaired) electrons. The number of hydrogen-bond acceptors (Lipinski definition) is 2. The molecule has 2 aromatic carbocycles. The molecule has 0 aliphatic carbocycles. The lowest BCUT2D eigenvalue weighted by atomic mass is 10.1. The molecule has 0 aromatic heterocycles. The van der Waals surface area contributed by atoms with Crippen LogP contribution in [-0.2, 0) is 13.0 Å². The van der Waals surface area contributed by atoms with Crippen molar-refractivity contribution in [3.8, 4) is 5.75 Å². The fraction of sp³-hybridized carbons (Fsp3) is 0.250. The zero-order chi connectivity index (χ0) is 13.5. The third-order valence-electron chi connectivity index (χ3n) is 2.98. The summed E-state index contributed by atoms with van der Waals surface area (Å²) in [5, 5.41) is 4.09. The fourth-order valence-electron chi connectivity index (χ4n) is 1.93. The topological polar surface area (TPSA) is 21.3 Å². The summed E-state index contributed by atoms with van der Waals surface area (Å²) in [5.74, 6) is 0.725. The van der Waals surface area contributed by atoms with Gasteiger partial charge < -0.3 is 10.1 Å². The van der Waals surface area contributed by atoms with Gasteiger partial charge in [0, 0.05) is 6.54 Å². The lowest BCUT2D eigenvalue weighted by Gasteiger charge is -2.07. The van der Waals surface area contributed by atoms with Crippen LogP contribution in [-0.4, -0.2) is 13.7 Å². The average molecular weight is 276 g/mol. The lowest BCUT2D eigenvalue weighted by molar-refractivity contribution is 0.415. The largest absolute Gasteiger partial charge is 0.495 e. The molecule has 3 heteroatoms. The van der Waals surface area contributed by atoms with E-state index in [0.717, 1.165) is 25.3 Å². The monoisotopic (exact) mass is 275 g/mol. The highest BCUT2D eigenvalue weighted by molar-refractivity contribution is 6.32. The smallest absolute Gasteiger partial charge is 0.137 e. The maximum atomic E-state index is 6.09. The summed E-state index contributed by atoms with van der Waals surface area (Å²) in [7, 11) is 1.63. The van der Waals surface area contributed by atoms with E-state index in [1.54, 1.807) is 7.11 Å². The molecule has 0 atom stereocenters. The van der Waals surface area contributed by atoms with Gasteiger partial charge in [0.2, 0.25) is 0 Å². The number of methoxy groups -OCH3 is 1. The molecule has 0 spiro atoms. The maximum absolute atomic E-state index is 6.09. The van der Waals surface area contributed by atoms with Gasteiger partial charge in [0.25, 0.3) is 0 Å². The molecule has 2 aromatic rings. The Kier molecular flexibility index (Phi) is 5.25. The highest BCUT2D eigenvalue weighted by Crippen LogP contribution is 2.24. The Labute approximate surface area is 119 Å². The van der Waals surface area contributed by atoms with E-state index in [4.69, 9.17) is 16.3 Å². The minimum atomic E-state index is 0.669. The molecule has 0 amide bonds. The predicted molar refractivity (Wildman–Crippen MR) is 79.9 cm³/mol.